The Morgan fingerprint density at radius 3 is 2.77 bits per heavy atom. The van der Waals surface area contributed by atoms with Gasteiger partial charge in [0.2, 0.25) is 10.0 Å². The van der Waals surface area contributed by atoms with E-state index in [2.05, 4.69) is 4.98 Å². The van der Waals surface area contributed by atoms with Crippen molar-refractivity contribution in [1.82, 2.24) is 4.98 Å². The minimum atomic E-state index is -3.34. The standard InChI is InChI=1S/C7H10N2O2S2/c8-13(10,11)6-5-12-7-3-1-2-4-9-7/h1-4H,5-6H2,(H2,8,10,11). The SMILES string of the molecule is NS(=O)(=O)CCSc1ccccn1. The van der Waals surface area contributed by atoms with E-state index in [1.807, 2.05) is 18.2 Å². The Kier molecular flexibility index (Phi) is 3.71. The summed E-state index contributed by atoms with van der Waals surface area (Å²) in [6.07, 6.45) is 1.67. The van der Waals surface area contributed by atoms with Gasteiger partial charge in [-0.2, -0.15) is 0 Å². The van der Waals surface area contributed by atoms with Gasteiger partial charge in [0.25, 0.3) is 0 Å². The van der Waals surface area contributed by atoms with Crippen LogP contribution in [-0.2, 0) is 10.0 Å². The number of nitrogens with zero attached hydrogens (tertiary/aromatic N) is 1. The summed E-state index contributed by atoms with van der Waals surface area (Å²) in [6.45, 7) is 0. The van der Waals surface area contributed by atoms with Crippen LogP contribution in [0, 0.1) is 0 Å². The maximum atomic E-state index is 10.6. The molecule has 72 valence electrons. The summed E-state index contributed by atoms with van der Waals surface area (Å²) in [4.78, 5) is 4.03. The lowest BCUT2D eigenvalue weighted by Gasteiger charge is -1.98. The Bertz CT molecular complexity index is 350. The van der Waals surface area contributed by atoms with Crippen LogP contribution in [0.4, 0.5) is 0 Å². The lowest BCUT2D eigenvalue weighted by Crippen LogP contribution is -2.17. The van der Waals surface area contributed by atoms with E-state index in [0.717, 1.165) is 5.03 Å². The molecule has 0 aliphatic rings. The summed E-state index contributed by atoms with van der Waals surface area (Å²) in [5, 5.41) is 5.65. The van der Waals surface area contributed by atoms with Gasteiger partial charge in [0.05, 0.1) is 10.8 Å². The van der Waals surface area contributed by atoms with Crippen molar-refractivity contribution in [3.05, 3.63) is 24.4 Å². The summed E-state index contributed by atoms with van der Waals surface area (Å²) in [7, 11) is -3.34. The maximum absolute atomic E-state index is 10.6. The van der Waals surface area contributed by atoms with Crippen molar-refractivity contribution in [2.45, 2.75) is 5.03 Å². The van der Waals surface area contributed by atoms with Crippen molar-refractivity contribution in [3.63, 3.8) is 0 Å². The van der Waals surface area contributed by atoms with Gasteiger partial charge in [0.15, 0.2) is 0 Å². The molecule has 0 spiro atoms. The normalized spacial score (nSPS) is 11.5. The zero-order valence-electron chi connectivity index (χ0n) is 6.88. The Hall–Kier alpha value is -0.590. The lowest BCUT2D eigenvalue weighted by atomic mass is 10.5. The molecule has 2 N–H and O–H groups in total. The zero-order chi connectivity index (χ0) is 9.73. The van der Waals surface area contributed by atoms with Crippen LogP contribution in [0.25, 0.3) is 0 Å². The third-order valence-corrected chi connectivity index (χ3v) is 3.23. The van der Waals surface area contributed by atoms with Gasteiger partial charge in [-0.25, -0.2) is 18.5 Å². The Balaban J connectivity index is 2.37. The molecule has 6 heteroatoms. The first-order valence-electron chi connectivity index (χ1n) is 3.62. The molecule has 0 saturated heterocycles. The van der Waals surface area contributed by atoms with E-state index in [4.69, 9.17) is 5.14 Å². The van der Waals surface area contributed by atoms with Crippen molar-refractivity contribution in [2.24, 2.45) is 5.14 Å². The molecule has 0 unspecified atom stereocenters. The third kappa shape index (κ3) is 4.87. The summed E-state index contributed by atoms with van der Waals surface area (Å²) >= 11 is 1.38. The molecule has 0 radical (unpaired) electrons. The van der Waals surface area contributed by atoms with Crippen LogP contribution in [0.2, 0.25) is 0 Å². The maximum Gasteiger partial charge on any atom is 0.209 e. The molecule has 0 aliphatic carbocycles. The molecular formula is C7H10N2O2S2. The highest BCUT2D eigenvalue weighted by molar-refractivity contribution is 8.00. The van der Waals surface area contributed by atoms with Crippen LogP contribution < -0.4 is 5.14 Å². The molecule has 1 aromatic rings. The van der Waals surface area contributed by atoms with Gasteiger partial charge >= 0.3 is 0 Å². The van der Waals surface area contributed by atoms with E-state index in [-0.39, 0.29) is 5.75 Å². The second-order valence-electron chi connectivity index (χ2n) is 2.38. The van der Waals surface area contributed by atoms with Gasteiger partial charge in [-0.1, -0.05) is 6.07 Å². The zero-order valence-corrected chi connectivity index (χ0v) is 8.51. The van der Waals surface area contributed by atoms with Crippen molar-refractivity contribution in [2.75, 3.05) is 11.5 Å². The molecule has 0 fully saturated rings. The second-order valence-corrected chi connectivity index (χ2v) is 5.23. The van der Waals surface area contributed by atoms with E-state index < -0.39 is 10.0 Å². The first-order valence-corrected chi connectivity index (χ1v) is 6.32. The topological polar surface area (TPSA) is 73.1 Å². The van der Waals surface area contributed by atoms with Crippen LogP contribution in [-0.4, -0.2) is 24.9 Å². The van der Waals surface area contributed by atoms with Crippen LogP contribution in [0.3, 0.4) is 0 Å². The minimum absolute atomic E-state index is 0.0196. The van der Waals surface area contributed by atoms with Crippen molar-refractivity contribution in [1.29, 1.82) is 0 Å². The van der Waals surface area contributed by atoms with Gasteiger partial charge < -0.3 is 0 Å². The van der Waals surface area contributed by atoms with E-state index >= 15 is 0 Å². The first-order chi connectivity index (χ1) is 6.08. The van der Waals surface area contributed by atoms with Gasteiger partial charge in [0.1, 0.15) is 0 Å². The van der Waals surface area contributed by atoms with Gasteiger partial charge in [-0.15, -0.1) is 11.8 Å². The molecule has 0 bridgehead atoms. The molecule has 1 aromatic heterocycles. The molecule has 0 aliphatic heterocycles. The summed E-state index contributed by atoms with van der Waals surface area (Å²) in [6, 6.07) is 5.49. The van der Waals surface area contributed by atoms with Crippen molar-refractivity contribution >= 4 is 21.8 Å². The highest BCUT2D eigenvalue weighted by Gasteiger charge is 2.02. The lowest BCUT2D eigenvalue weighted by molar-refractivity contribution is 0.599. The van der Waals surface area contributed by atoms with Gasteiger partial charge in [-0.05, 0) is 12.1 Å². The highest BCUT2D eigenvalue weighted by atomic mass is 32.2. The number of pyridine rings is 1. The smallest absolute Gasteiger partial charge is 0.209 e. The van der Waals surface area contributed by atoms with E-state index in [0.29, 0.717) is 5.75 Å². The predicted octanol–water partition coefficient (Wildman–Crippen LogP) is 0.462. The Morgan fingerprint density at radius 2 is 2.23 bits per heavy atom. The number of primary sulfonamides is 1. The van der Waals surface area contributed by atoms with E-state index in [9.17, 15) is 8.42 Å². The second kappa shape index (κ2) is 4.59. The molecule has 0 amide bonds. The molecule has 0 aromatic carbocycles. The summed E-state index contributed by atoms with van der Waals surface area (Å²) in [5.74, 6) is 0.421. The first kappa shape index (κ1) is 10.5. The quantitative estimate of drug-likeness (QED) is 0.745. The molecule has 0 atom stereocenters. The van der Waals surface area contributed by atoms with Crippen LogP contribution >= 0.6 is 11.8 Å². The number of rotatable bonds is 4. The van der Waals surface area contributed by atoms with Crippen LogP contribution in [0.1, 0.15) is 0 Å². The largest absolute Gasteiger partial charge is 0.250 e. The molecule has 0 saturated carbocycles. The fourth-order valence-corrected chi connectivity index (χ4v) is 2.48. The van der Waals surface area contributed by atoms with Crippen LogP contribution in [0.15, 0.2) is 29.4 Å². The average Bonchev–Trinajstić information content (AvgIpc) is 2.04. The molecular weight excluding hydrogens is 208 g/mol. The van der Waals surface area contributed by atoms with E-state index in [1.54, 1.807) is 6.20 Å². The number of aromatic nitrogens is 1. The minimum Gasteiger partial charge on any atom is -0.250 e. The monoisotopic (exact) mass is 218 g/mol. The number of sulfonamides is 1. The van der Waals surface area contributed by atoms with E-state index in [1.165, 1.54) is 11.8 Å². The number of hydrogen-bond acceptors (Lipinski definition) is 4. The number of hydrogen-bond donors (Lipinski definition) is 1. The number of nitrogens with two attached hydrogens (primary N) is 1. The molecule has 13 heavy (non-hydrogen) atoms. The Labute approximate surface area is 81.6 Å². The third-order valence-electron chi connectivity index (χ3n) is 1.26. The summed E-state index contributed by atoms with van der Waals surface area (Å²) in [5.41, 5.74) is 0. The highest BCUT2D eigenvalue weighted by Crippen LogP contribution is 2.13. The predicted molar refractivity (Wildman–Crippen MR) is 52.9 cm³/mol. The summed E-state index contributed by atoms with van der Waals surface area (Å²) < 4.78 is 21.1. The van der Waals surface area contributed by atoms with Crippen molar-refractivity contribution < 1.29 is 8.42 Å². The average molecular weight is 218 g/mol. The fourth-order valence-electron chi connectivity index (χ4n) is 0.695. The molecule has 4 nitrogen and oxygen atoms in total. The molecule has 1 rings (SSSR count). The van der Waals surface area contributed by atoms with Gasteiger partial charge in [-0.3, -0.25) is 0 Å². The van der Waals surface area contributed by atoms with Crippen LogP contribution in [0.5, 0.6) is 0 Å². The van der Waals surface area contributed by atoms with Gasteiger partial charge in [0, 0.05) is 11.9 Å². The molecule has 1 heterocycles. The number of thioether (sulfide) groups is 1. The fraction of sp³-hybridized carbons (Fsp3) is 0.286. The Morgan fingerprint density at radius 1 is 1.46 bits per heavy atom. The van der Waals surface area contributed by atoms with Crippen molar-refractivity contribution in [3.8, 4) is 0 Å².